The summed E-state index contributed by atoms with van der Waals surface area (Å²) in [7, 11) is 0. The van der Waals surface area contributed by atoms with Crippen LogP contribution >= 0.6 is 0 Å². The molecule has 3 nitrogen and oxygen atoms in total. The fraction of sp³-hybridized carbons (Fsp3) is 0.471. The van der Waals surface area contributed by atoms with Crippen LogP contribution in [0.15, 0.2) is 42.7 Å². The molecule has 2 aliphatic carbocycles. The van der Waals surface area contributed by atoms with E-state index in [-0.39, 0.29) is 0 Å². The molecule has 4 rings (SSSR count). The van der Waals surface area contributed by atoms with Crippen LogP contribution in [-0.2, 0) is 6.54 Å². The number of nitrogens with one attached hydrogen (secondary N) is 1. The van der Waals surface area contributed by atoms with Gasteiger partial charge in [0.05, 0.1) is 5.69 Å². The molecule has 0 saturated heterocycles. The number of para-hydroxylation sites is 1. The van der Waals surface area contributed by atoms with Gasteiger partial charge in [-0.3, -0.25) is 0 Å². The van der Waals surface area contributed by atoms with E-state index in [0.717, 1.165) is 24.4 Å². The molecule has 2 saturated carbocycles. The minimum atomic E-state index is 0.751. The lowest BCUT2D eigenvalue weighted by atomic mass is 10.1. The Hall–Kier alpha value is -1.61. The van der Waals surface area contributed by atoms with E-state index >= 15 is 0 Å². The van der Waals surface area contributed by atoms with Crippen molar-refractivity contribution in [1.82, 2.24) is 15.1 Å². The number of hydrogen-bond donors (Lipinski definition) is 1. The van der Waals surface area contributed by atoms with Gasteiger partial charge in [0.25, 0.3) is 0 Å². The molecular formula is C17H21N3. The lowest BCUT2D eigenvalue weighted by Gasteiger charge is -2.19. The molecule has 20 heavy (non-hydrogen) atoms. The standard InChI is InChI=1S/C17H21N3/c1-2-5-16(20-11-3-10-19-20)15(4-1)12-18-17(13-6-7-13)14-8-9-14/h1-5,10-11,13-14,17-18H,6-9,12H2. The van der Waals surface area contributed by atoms with Crippen molar-refractivity contribution in [3.8, 4) is 5.69 Å². The van der Waals surface area contributed by atoms with Crippen molar-refractivity contribution in [2.45, 2.75) is 38.3 Å². The molecule has 0 spiro atoms. The number of aromatic nitrogens is 2. The van der Waals surface area contributed by atoms with Gasteiger partial charge in [-0.25, -0.2) is 4.68 Å². The lowest BCUT2D eigenvalue weighted by Crippen LogP contribution is -2.32. The van der Waals surface area contributed by atoms with Gasteiger partial charge in [0, 0.05) is 25.0 Å². The van der Waals surface area contributed by atoms with Crippen molar-refractivity contribution in [3.05, 3.63) is 48.3 Å². The molecule has 0 radical (unpaired) electrons. The Morgan fingerprint density at radius 1 is 1.10 bits per heavy atom. The van der Waals surface area contributed by atoms with Crippen molar-refractivity contribution in [2.75, 3.05) is 0 Å². The monoisotopic (exact) mass is 267 g/mol. The van der Waals surface area contributed by atoms with E-state index in [1.165, 1.54) is 36.9 Å². The first-order chi connectivity index (χ1) is 9.92. The molecule has 1 N–H and O–H groups in total. The second-order valence-corrected chi connectivity index (χ2v) is 6.16. The third kappa shape index (κ3) is 2.50. The third-order valence-electron chi connectivity index (χ3n) is 4.53. The van der Waals surface area contributed by atoms with E-state index in [9.17, 15) is 0 Å². The Kier molecular flexibility index (Phi) is 3.07. The van der Waals surface area contributed by atoms with Gasteiger partial charge in [-0.2, -0.15) is 5.10 Å². The predicted octanol–water partition coefficient (Wildman–Crippen LogP) is 3.15. The van der Waals surface area contributed by atoms with Crippen molar-refractivity contribution in [2.24, 2.45) is 11.8 Å². The van der Waals surface area contributed by atoms with Crippen LogP contribution in [0.2, 0.25) is 0 Å². The summed E-state index contributed by atoms with van der Waals surface area (Å²) in [5, 5.41) is 8.18. The zero-order chi connectivity index (χ0) is 13.4. The Balaban J connectivity index is 1.50. The predicted molar refractivity (Wildman–Crippen MR) is 79.6 cm³/mol. The van der Waals surface area contributed by atoms with Crippen molar-refractivity contribution < 1.29 is 0 Å². The van der Waals surface area contributed by atoms with E-state index in [1.54, 1.807) is 0 Å². The maximum atomic E-state index is 4.36. The highest BCUT2D eigenvalue weighted by Crippen LogP contribution is 2.44. The first-order valence-electron chi connectivity index (χ1n) is 7.73. The molecule has 0 aliphatic heterocycles. The number of rotatable bonds is 6. The molecule has 0 unspecified atom stereocenters. The van der Waals surface area contributed by atoms with Gasteiger partial charge >= 0.3 is 0 Å². The van der Waals surface area contributed by atoms with Crippen LogP contribution in [0.4, 0.5) is 0 Å². The Bertz CT molecular complexity index is 556. The van der Waals surface area contributed by atoms with Crippen LogP contribution in [0, 0.1) is 11.8 Å². The maximum Gasteiger partial charge on any atom is 0.0690 e. The highest BCUT2D eigenvalue weighted by atomic mass is 15.3. The maximum absolute atomic E-state index is 4.36. The Morgan fingerprint density at radius 2 is 1.85 bits per heavy atom. The normalized spacial score (nSPS) is 18.6. The molecule has 1 heterocycles. The van der Waals surface area contributed by atoms with Crippen LogP contribution in [0.3, 0.4) is 0 Å². The zero-order valence-corrected chi connectivity index (χ0v) is 11.7. The first-order valence-corrected chi connectivity index (χ1v) is 7.73. The summed E-state index contributed by atoms with van der Waals surface area (Å²) in [6, 6.07) is 11.3. The largest absolute Gasteiger partial charge is 0.309 e. The molecule has 0 bridgehead atoms. The molecule has 0 amide bonds. The van der Waals surface area contributed by atoms with Crippen LogP contribution in [-0.4, -0.2) is 15.8 Å². The van der Waals surface area contributed by atoms with Crippen molar-refractivity contribution in [3.63, 3.8) is 0 Å². The van der Waals surface area contributed by atoms with Gasteiger partial charge in [-0.1, -0.05) is 18.2 Å². The molecule has 2 aliphatic rings. The number of hydrogen-bond acceptors (Lipinski definition) is 2. The van der Waals surface area contributed by atoms with E-state index in [0.29, 0.717) is 0 Å². The van der Waals surface area contributed by atoms with Crippen molar-refractivity contribution in [1.29, 1.82) is 0 Å². The quantitative estimate of drug-likeness (QED) is 0.871. The first kappa shape index (κ1) is 12.2. The highest BCUT2D eigenvalue weighted by Gasteiger charge is 2.40. The Morgan fingerprint density at radius 3 is 2.50 bits per heavy atom. The highest BCUT2D eigenvalue weighted by molar-refractivity contribution is 5.40. The second-order valence-electron chi connectivity index (χ2n) is 6.16. The second kappa shape index (κ2) is 5.06. The van der Waals surface area contributed by atoms with E-state index in [4.69, 9.17) is 0 Å². The minimum Gasteiger partial charge on any atom is -0.309 e. The van der Waals surface area contributed by atoms with Crippen LogP contribution in [0.25, 0.3) is 5.69 Å². The minimum absolute atomic E-state index is 0.751. The smallest absolute Gasteiger partial charge is 0.0690 e. The van der Waals surface area contributed by atoms with Crippen LogP contribution in [0.1, 0.15) is 31.2 Å². The molecule has 1 aromatic carbocycles. The molecule has 104 valence electrons. The average Bonchev–Trinajstić information content (AvgIpc) is 3.41. The lowest BCUT2D eigenvalue weighted by molar-refractivity contribution is 0.415. The number of nitrogens with zero attached hydrogens (tertiary/aromatic N) is 2. The number of benzene rings is 1. The molecule has 3 heteroatoms. The Labute approximate surface area is 120 Å². The van der Waals surface area contributed by atoms with E-state index in [2.05, 4.69) is 34.7 Å². The summed E-state index contributed by atoms with van der Waals surface area (Å²) in [5.41, 5.74) is 2.53. The fourth-order valence-electron chi connectivity index (χ4n) is 3.15. The average molecular weight is 267 g/mol. The summed E-state index contributed by atoms with van der Waals surface area (Å²) in [5.74, 6) is 1.89. The summed E-state index contributed by atoms with van der Waals surface area (Å²) in [6.07, 6.45) is 9.55. The summed E-state index contributed by atoms with van der Waals surface area (Å²) < 4.78 is 1.96. The SMILES string of the molecule is c1ccc(-n2cccn2)c(CNC(C2CC2)C2CC2)c1. The summed E-state index contributed by atoms with van der Waals surface area (Å²) >= 11 is 0. The van der Waals surface area contributed by atoms with Gasteiger partial charge in [-0.15, -0.1) is 0 Å². The molecule has 2 fully saturated rings. The van der Waals surface area contributed by atoms with Gasteiger partial charge in [0.2, 0.25) is 0 Å². The van der Waals surface area contributed by atoms with E-state index in [1.807, 2.05) is 23.1 Å². The summed E-state index contributed by atoms with van der Waals surface area (Å²) in [6.45, 7) is 0.952. The topological polar surface area (TPSA) is 29.9 Å². The van der Waals surface area contributed by atoms with Crippen molar-refractivity contribution >= 4 is 0 Å². The zero-order valence-electron chi connectivity index (χ0n) is 11.7. The molecule has 2 aromatic rings. The van der Waals surface area contributed by atoms with Gasteiger partial charge < -0.3 is 5.32 Å². The van der Waals surface area contributed by atoms with Gasteiger partial charge in [-0.05, 0) is 55.2 Å². The fourth-order valence-corrected chi connectivity index (χ4v) is 3.15. The van der Waals surface area contributed by atoms with Crippen LogP contribution < -0.4 is 5.32 Å². The van der Waals surface area contributed by atoms with Gasteiger partial charge in [0.1, 0.15) is 0 Å². The van der Waals surface area contributed by atoms with Gasteiger partial charge in [0.15, 0.2) is 0 Å². The summed E-state index contributed by atoms with van der Waals surface area (Å²) in [4.78, 5) is 0. The molecular weight excluding hydrogens is 246 g/mol. The van der Waals surface area contributed by atoms with Crippen LogP contribution in [0.5, 0.6) is 0 Å². The third-order valence-corrected chi connectivity index (χ3v) is 4.53. The molecule has 1 aromatic heterocycles. The molecule has 0 atom stereocenters. The van der Waals surface area contributed by atoms with E-state index < -0.39 is 0 Å².